The highest BCUT2D eigenvalue weighted by atomic mass is 35.5. The van der Waals surface area contributed by atoms with Crippen molar-refractivity contribution in [3.05, 3.63) is 46.2 Å². The Morgan fingerprint density at radius 1 is 1.38 bits per heavy atom. The predicted octanol–water partition coefficient (Wildman–Crippen LogP) is 3.43. The Hall–Kier alpha value is -2.01. The van der Waals surface area contributed by atoms with Crippen LogP contribution in [0.4, 0.5) is 0 Å². The Bertz CT molecular complexity index is 757. The summed E-state index contributed by atoms with van der Waals surface area (Å²) in [5.74, 6) is 0.734. The topological polar surface area (TPSA) is 47.4 Å². The standard InChI is InChI=1S/C18H22ClN3O2/c1-12-7-4-5-9-15(12)24-11-16(23)22-10-6-8-14(22)17-13(2)20-21(3)18(17)19/h4-5,7,9,14H,6,8,10-11H2,1-3H3/t14-/m1/s1. The molecule has 128 valence electrons. The van der Waals surface area contributed by atoms with E-state index in [0.717, 1.165) is 42.0 Å². The third-order valence-electron chi connectivity index (χ3n) is 4.55. The van der Waals surface area contributed by atoms with Crippen LogP contribution in [0.15, 0.2) is 24.3 Å². The van der Waals surface area contributed by atoms with Gasteiger partial charge in [0.05, 0.1) is 11.7 Å². The van der Waals surface area contributed by atoms with Gasteiger partial charge in [-0.15, -0.1) is 0 Å². The number of carbonyl (C=O) groups excluding carboxylic acids is 1. The number of para-hydroxylation sites is 1. The normalized spacial score (nSPS) is 17.3. The fraction of sp³-hybridized carbons (Fsp3) is 0.444. The zero-order chi connectivity index (χ0) is 17.3. The number of hydrogen-bond acceptors (Lipinski definition) is 3. The average Bonchev–Trinajstić information content (AvgIpc) is 3.11. The third-order valence-corrected chi connectivity index (χ3v) is 5.00. The lowest BCUT2D eigenvalue weighted by atomic mass is 10.1. The van der Waals surface area contributed by atoms with Crippen molar-refractivity contribution in [1.29, 1.82) is 0 Å². The molecule has 0 bridgehead atoms. The zero-order valence-corrected chi connectivity index (χ0v) is 15.0. The van der Waals surface area contributed by atoms with Crippen molar-refractivity contribution in [2.75, 3.05) is 13.2 Å². The van der Waals surface area contributed by atoms with Crippen molar-refractivity contribution in [2.45, 2.75) is 32.7 Å². The van der Waals surface area contributed by atoms with Crippen LogP contribution in [0.2, 0.25) is 5.15 Å². The number of nitrogens with zero attached hydrogens (tertiary/aromatic N) is 3. The van der Waals surface area contributed by atoms with Crippen molar-refractivity contribution in [1.82, 2.24) is 14.7 Å². The summed E-state index contributed by atoms with van der Waals surface area (Å²) in [5.41, 5.74) is 2.86. The fourth-order valence-electron chi connectivity index (χ4n) is 3.33. The van der Waals surface area contributed by atoms with Crippen molar-refractivity contribution >= 4 is 17.5 Å². The largest absolute Gasteiger partial charge is 0.484 e. The van der Waals surface area contributed by atoms with Gasteiger partial charge in [0.25, 0.3) is 5.91 Å². The number of amides is 1. The number of halogens is 1. The molecular formula is C18H22ClN3O2. The number of carbonyl (C=O) groups is 1. The molecule has 1 aliphatic rings. The first-order valence-electron chi connectivity index (χ1n) is 8.16. The quantitative estimate of drug-likeness (QED) is 0.851. The van der Waals surface area contributed by atoms with Crippen molar-refractivity contribution in [2.24, 2.45) is 7.05 Å². The molecule has 1 amide bonds. The lowest BCUT2D eigenvalue weighted by molar-refractivity contribution is -0.134. The van der Waals surface area contributed by atoms with E-state index in [-0.39, 0.29) is 18.6 Å². The maximum Gasteiger partial charge on any atom is 0.261 e. The molecule has 3 rings (SSSR count). The van der Waals surface area contributed by atoms with Crippen molar-refractivity contribution < 1.29 is 9.53 Å². The van der Waals surface area contributed by atoms with Gasteiger partial charge < -0.3 is 9.64 Å². The van der Waals surface area contributed by atoms with Crippen LogP contribution in [0, 0.1) is 13.8 Å². The summed E-state index contributed by atoms with van der Waals surface area (Å²) in [6.45, 7) is 4.67. The number of hydrogen-bond donors (Lipinski definition) is 0. The Labute approximate surface area is 147 Å². The van der Waals surface area contributed by atoms with Gasteiger partial charge in [-0.1, -0.05) is 29.8 Å². The number of ether oxygens (including phenoxy) is 1. The molecule has 2 heterocycles. The lowest BCUT2D eigenvalue weighted by Gasteiger charge is -2.25. The number of aromatic nitrogens is 2. The zero-order valence-electron chi connectivity index (χ0n) is 14.3. The van der Waals surface area contributed by atoms with Gasteiger partial charge in [-0.3, -0.25) is 9.48 Å². The average molecular weight is 348 g/mol. The van der Waals surface area contributed by atoms with E-state index in [2.05, 4.69) is 5.10 Å². The maximum atomic E-state index is 12.7. The Morgan fingerprint density at radius 3 is 2.79 bits per heavy atom. The summed E-state index contributed by atoms with van der Waals surface area (Å²) in [7, 11) is 1.82. The summed E-state index contributed by atoms with van der Waals surface area (Å²) in [6, 6.07) is 7.70. The molecular weight excluding hydrogens is 326 g/mol. The van der Waals surface area contributed by atoms with Crippen LogP contribution >= 0.6 is 11.6 Å². The third kappa shape index (κ3) is 3.13. The van der Waals surface area contributed by atoms with Crippen LogP contribution in [0.5, 0.6) is 5.75 Å². The smallest absolute Gasteiger partial charge is 0.261 e. The number of rotatable bonds is 4. The highest BCUT2D eigenvalue weighted by Crippen LogP contribution is 2.37. The first-order valence-corrected chi connectivity index (χ1v) is 8.53. The van der Waals surface area contributed by atoms with E-state index in [4.69, 9.17) is 16.3 Å². The molecule has 1 saturated heterocycles. The van der Waals surface area contributed by atoms with E-state index in [9.17, 15) is 4.79 Å². The van der Waals surface area contributed by atoms with Crippen LogP contribution < -0.4 is 4.74 Å². The van der Waals surface area contributed by atoms with E-state index in [1.165, 1.54) is 0 Å². The van der Waals surface area contributed by atoms with Gasteiger partial charge in [0, 0.05) is 19.2 Å². The Morgan fingerprint density at radius 2 is 2.12 bits per heavy atom. The van der Waals surface area contributed by atoms with Gasteiger partial charge in [-0.2, -0.15) is 5.10 Å². The van der Waals surface area contributed by atoms with Crippen LogP contribution in [0.25, 0.3) is 0 Å². The monoisotopic (exact) mass is 347 g/mol. The van der Waals surface area contributed by atoms with Crippen LogP contribution in [-0.2, 0) is 11.8 Å². The minimum atomic E-state index is -0.0147. The highest BCUT2D eigenvalue weighted by Gasteiger charge is 2.34. The van der Waals surface area contributed by atoms with Gasteiger partial charge in [0.2, 0.25) is 0 Å². The highest BCUT2D eigenvalue weighted by molar-refractivity contribution is 6.30. The molecule has 0 radical (unpaired) electrons. The summed E-state index contributed by atoms with van der Waals surface area (Å²) in [4.78, 5) is 14.5. The van der Waals surface area contributed by atoms with Gasteiger partial charge in [-0.05, 0) is 38.3 Å². The number of likely N-dealkylation sites (tertiary alicyclic amines) is 1. The SMILES string of the molecule is Cc1ccccc1OCC(=O)N1CCC[C@@H]1c1c(C)nn(C)c1Cl. The first kappa shape index (κ1) is 16.8. The lowest BCUT2D eigenvalue weighted by Crippen LogP contribution is -2.34. The van der Waals surface area contributed by atoms with Gasteiger partial charge in [-0.25, -0.2) is 0 Å². The van der Waals surface area contributed by atoms with Crippen LogP contribution in [0.1, 0.15) is 35.7 Å². The minimum absolute atomic E-state index is 0.0138. The molecule has 1 aliphatic heterocycles. The molecule has 0 N–H and O–H groups in total. The second-order valence-corrected chi connectivity index (χ2v) is 6.57. The molecule has 1 aromatic heterocycles. The Kier molecular flexibility index (Phi) is 4.81. The molecule has 0 spiro atoms. The van der Waals surface area contributed by atoms with Crippen LogP contribution in [-0.4, -0.2) is 33.7 Å². The second kappa shape index (κ2) is 6.85. The van der Waals surface area contributed by atoms with Crippen LogP contribution in [0.3, 0.4) is 0 Å². The minimum Gasteiger partial charge on any atom is -0.484 e. The number of benzene rings is 1. The van der Waals surface area contributed by atoms with E-state index in [1.807, 2.05) is 50.1 Å². The van der Waals surface area contributed by atoms with Crippen molar-refractivity contribution in [3.8, 4) is 5.75 Å². The molecule has 0 aliphatic carbocycles. The summed E-state index contributed by atoms with van der Waals surface area (Å²) in [6.07, 6.45) is 1.87. The van der Waals surface area contributed by atoms with Gasteiger partial charge in [0.1, 0.15) is 10.9 Å². The molecule has 1 aromatic carbocycles. The summed E-state index contributed by atoms with van der Waals surface area (Å²) in [5, 5.41) is 4.98. The Balaban J connectivity index is 1.73. The predicted molar refractivity (Wildman–Crippen MR) is 93.3 cm³/mol. The molecule has 6 heteroatoms. The number of aryl methyl sites for hydroxylation is 3. The molecule has 0 unspecified atom stereocenters. The van der Waals surface area contributed by atoms with E-state index in [0.29, 0.717) is 5.15 Å². The molecule has 24 heavy (non-hydrogen) atoms. The van der Waals surface area contributed by atoms with Crippen molar-refractivity contribution in [3.63, 3.8) is 0 Å². The van der Waals surface area contributed by atoms with E-state index in [1.54, 1.807) is 4.68 Å². The molecule has 1 fully saturated rings. The molecule has 5 nitrogen and oxygen atoms in total. The summed E-state index contributed by atoms with van der Waals surface area (Å²) >= 11 is 6.39. The fourth-order valence-corrected chi connectivity index (χ4v) is 3.63. The van der Waals surface area contributed by atoms with E-state index >= 15 is 0 Å². The molecule has 0 saturated carbocycles. The molecule has 2 aromatic rings. The maximum absolute atomic E-state index is 12.7. The summed E-state index contributed by atoms with van der Waals surface area (Å²) < 4.78 is 7.38. The van der Waals surface area contributed by atoms with Gasteiger partial charge >= 0.3 is 0 Å². The van der Waals surface area contributed by atoms with Gasteiger partial charge in [0.15, 0.2) is 6.61 Å². The second-order valence-electron chi connectivity index (χ2n) is 6.21. The first-order chi connectivity index (χ1) is 11.5. The van der Waals surface area contributed by atoms with E-state index < -0.39 is 0 Å². The molecule has 1 atom stereocenters.